The number of carbonyl (C=O) groups excluding carboxylic acids is 1. The number of hydrogen-bond donors (Lipinski definition) is 4. The van der Waals surface area contributed by atoms with Crippen molar-refractivity contribution >= 4 is 23.3 Å². The summed E-state index contributed by atoms with van der Waals surface area (Å²) in [4.78, 5) is 15.7. The zero-order valence-electron chi connectivity index (χ0n) is 28.0. The van der Waals surface area contributed by atoms with Crippen LogP contribution >= 0.6 is 11.6 Å². The van der Waals surface area contributed by atoms with Gasteiger partial charge in [-0.05, 0) is 110 Å². The summed E-state index contributed by atoms with van der Waals surface area (Å²) in [7, 11) is 0. The number of hydrogen-bond acceptors (Lipinski definition) is 6. The van der Waals surface area contributed by atoms with Crippen LogP contribution < -0.4 is 10.6 Å². The monoisotopic (exact) mass is 685 g/mol. The van der Waals surface area contributed by atoms with Crippen molar-refractivity contribution in [1.29, 1.82) is 0 Å². The number of likely N-dealkylation sites (tertiary alicyclic amines) is 1. The molecule has 4 aliphatic carbocycles. The number of nitrogens with zero attached hydrogens (tertiary/aromatic N) is 1. The van der Waals surface area contributed by atoms with E-state index in [0.29, 0.717) is 30.8 Å². The van der Waals surface area contributed by atoms with Gasteiger partial charge in [0.2, 0.25) is 0 Å². The fraction of sp³-hybridized carbons (Fsp3) is 0.525. The van der Waals surface area contributed by atoms with E-state index >= 15 is 0 Å². The molecule has 9 rings (SSSR count). The van der Waals surface area contributed by atoms with Crippen molar-refractivity contribution in [2.45, 2.75) is 94.0 Å². The number of piperidine rings is 1. The molecule has 4 N–H and O–H groups in total. The number of aliphatic hydroxyl groups is 2. The fourth-order valence-corrected chi connectivity index (χ4v) is 10.0. The maximum atomic E-state index is 13.4. The van der Waals surface area contributed by atoms with Crippen LogP contribution in [0.2, 0.25) is 5.02 Å². The molecule has 6 aliphatic rings. The average Bonchev–Trinajstić information content (AvgIpc) is 3.09. The lowest BCUT2D eigenvalue weighted by Gasteiger charge is -2.56. The summed E-state index contributed by atoms with van der Waals surface area (Å²) >= 11 is 6.10. The first-order valence-corrected chi connectivity index (χ1v) is 18.5. The van der Waals surface area contributed by atoms with E-state index in [1.54, 1.807) is 0 Å². The first-order chi connectivity index (χ1) is 23.7. The largest absolute Gasteiger partial charge is 0.392 e. The van der Waals surface area contributed by atoms with Gasteiger partial charge in [-0.2, -0.15) is 0 Å². The molecular formula is C40H48ClN3O5. The Bertz CT molecular complexity index is 1590. The van der Waals surface area contributed by atoms with Crippen LogP contribution in [-0.2, 0) is 21.7 Å². The summed E-state index contributed by atoms with van der Waals surface area (Å²) in [6.07, 6.45) is 8.33. The lowest BCUT2D eigenvalue weighted by atomic mass is 9.53. The summed E-state index contributed by atoms with van der Waals surface area (Å²) < 4.78 is 13.3. The van der Waals surface area contributed by atoms with Gasteiger partial charge in [-0.25, -0.2) is 4.79 Å². The number of ether oxygens (including phenoxy) is 2. The van der Waals surface area contributed by atoms with Gasteiger partial charge in [0.05, 0.1) is 24.4 Å². The Kier molecular flexibility index (Phi) is 9.23. The third kappa shape index (κ3) is 7.27. The number of halogens is 1. The molecule has 2 saturated heterocycles. The maximum Gasteiger partial charge on any atom is 0.319 e. The SMILES string of the molecule is O=C(Nc1cccc(C2OC(CN3CCC(O)(c4ccc(Cl)cc4)CC3)CC(c3ccc(CO)cc3)O2)c1)NC12CC3CC(CC(C3)C1)C2. The van der Waals surface area contributed by atoms with Crippen LogP contribution in [-0.4, -0.2) is 52.4 Å². The molecule has 4 saturated carbocycles. The quantitative estimate of drug-likeness (QED) is 0.196. The van der Waals surface area contributed by atoms with E-state index in [0.717, 1.165) is 78.0 Å². The van der Waals surface area contributed by atoms with Crippen LogP contribution in [0, 0.1) is 17.8 Å². The van der Waals surface area contributed by atoms with Crippen molar-refractivity contribution < 1.29 is 24.5 Å². The van der Waals surface area contributed by atoms with Gasteiger partial charge >= 0.3 is 6.03 Å². The second-order valence-corrected chi connectivity index (χ2v) is 16.0. The van der Waals surface area contributed by atoms with Crippen LogP contribution in [0.3, 0.4) is 0 Å². The highest BCUT2D eigenvalue weighted by Gasteiger charge is 2.51. The highest BCUT2D eigenvalue weighted by Crippen LogP contribution is 2.55. The van der Waals surface area contributed by atoms with E-state index < -0.39 is 11.9 Å². The molecule has 2 aliphatic heterocycles. The lowest BCUT2D eigenvalue weighted by Crippen LogP contribution is -2.60. The van der Waals surface area contributed by atoms with Gasteiger partial charge in [0, 0.05) is 47.9 Å². The van der Waals surface area contributed by atoms with Crippen molar-refractivity contribution in [3.05, 3.63) is 100 Å². The molecule has 0 radical (unpaired) electrons. The third-order valence-corrected chi connectivity index (χ3v) is 12.2. The van der Waals surface area contributed by atoms with Crippen LogP contribution in [0.5, 0.6) is 0 Å². The predicted molar refractivity (Wildman–Crippen MR) is 189 cm³/mol. The van der Waals surface area contributed by atoms with Crippen LogP contribution in [0.4, 0.5) is 10.5 Å². The highest BCUT2D eigenvalue weighted by atomic mass is 35.5. The number of nitrogens with one attached hydrogen (secondary N) is 2. The van der Waals surface area contributed by atoms with Crippen molar-refractivity contribution in [3.8, 4) is 0 Å². The molecule has 260 valence electrons. The number of aliphatic hydroxyl groups excluding tert-OH is 1. The number of carbonyl (C=O) groups is 1. The van der Waals surface area contributed by atoms with Crippen molar-refractivity contribution in [3.63, 3.8) is 0 Å². The predicted octanol–water partition coefficient (Wildman–Crippen LogP) is 7.45. The summed E-state index contributed by atoms with van der Waals surface area (Å²) in [5, 5.41) is 28.3. The number of rotatable bonds is 8. The summed E-state index contributed by atoms with van der Waals surface area (Å²) in [6, 6.07) is 23.1. The Hall–Kier alpha value is -2.98. The standard InChI is InChI=1S/C40H48ClN3O5/c41-33-10-8-32(9-11-33)40(47)12-14-44(15-13-40)24-35-20-36(30-6-4-26(25-45)5-7-30)49-37(48-35)31-2-1-3-34(19-31)42-38(46)43-39-21-27-16-28(22-39)18-29(17-27)23-39/h1-11,19,27-29,35-37,45,47H,12-18,20-25H2,(H2,42,43,46). The molecule has 3 atom stereocenters. The molecular weight excluding hydrogens is 638 g/mol. The zero-order valence-corrected chi connectivity index (χ0v) is 28.8. The molecule has 2 amide bonds. The topological polar surface area (TPSA) is 103 Å². The first-order valence-electron chi connectivity index (χ1n) is 18.1. The van der Waals surface area contributed by atoms with E-state index in [2.05, 4.69) is 15.5 Å². The Morgan fingerprint density at radius 3 is 2.18 bits per heavy atom. The molecule has 3 unspecified atom stereocenters. The molecule has 6 fully saturated rings. The lowest BCUT2D eigenvalue weighted by molar-refractivity contribution is -0.253. The van der Waals surface area contributed by atoms with E-state index in [-0.39, 0.29) is 30.4 Å². The maximum absolute atomic E-state index is 13.4. The molecule has 9 heteroatoms. The summed E-state index contributed by atoms with van der Waals surface area (Å²) in [6.45, 7) is 2.21. The van der Waals surface area contributed by atoms with Gasteiger partial charge in [0.1, 0.15) is 0 Å². The Morgan fingerprint density at radius 2 is 1.53 bits per heavy atom. The second kappa shape index (κ2) is 13.6. The summed E-state index contributed by atoms with van der Waals surface area (Å²) in [5.41, 5.74) is 3.45. The van der Waals surface area contributed by atoms with E-state index in [1.165, 1.54) is 19.3 Å². The highest BCUT2D eigenvalue weighted by molar-refractivity contribution is 6.30. The number of benzene rings is 3. The molecule has 0 spiro atoms. The normalized spacial score (nSPS) is 32.1. The van der Waals surface area contributed by atoms with Crippen molar-refractivity contribution in [2.24, 2.45) is 17.8 Å². The summed E-state index contributed by atoms with van der Waals surface area (Å²) in [5.74, 6) is 2.28. The zero-order chi connectivity index (χ0) is 33.6. The van der Waals surface area contributed by atoms with E-state index in [1.807, 2.05) is 72.8 Å². The smallest absolute Gasteiger partial charge is 0.319 e. The molecule has 0 aromatic heterocycles. The Morgan fingerprint density at radius 1 is 0.857 bits per heavy atom. The van der Waals surface area contributed by atoms with Gasteiger partial charge in [-0.15, -0.1) is 0 Å². The fourth-order valence-electron chi connectivity index (χ4n) is 9.91. The van der Waals surface area contributed by atoms with Gasteiger partial charge in [-0.3, -0.25) is 0 Å². The average molecular weight is 686 g/mol. The van der Waals surface area contributed by atoms with Crippen molar-refractivity contribution in [2.75, 3.05) is 25.0 Å². The second-order valence-electron chi connectivity index (χ2n) is 15.6. The van der Waals surface area contributed by atoms with Crippen molar-refractivity contribution in [1.82, 2.24) is 10.2 Å². The molecule has 2 heterocycles. The molecule has 3 aromatic rings. The molecule has 4 bridgehead atoms. The Labute approximate surface area is 294 Å². The van der Waals surface area contributed by atoms with Crippen LogP contribution in [0.15, 0.2) is 72.8 Å². The van der Waals surface area contributed by atoms with Crippen LogP contribution in [0.1, 0.15) is 92.4 Å². The first kappa shape index (κ1) is 33.2. The molecule has 49 heavy (non-hydrogen) atoms. The van der Waals surface area contributed by atoms with Gasteiger partial charge in [-0.1, -0.05) is 60.1 Å². The minimum Gasteiger partial charge on any atom is -0.392 e. The third-order valence-electron chi connectivity index (χ3n) is 12.0. The minimum absolute atomic E-state index is 0.00622. The van der Waals surface area contributed by atoms with Gasteiger partial charge in [0.15, 0.2) is 6.29 Å². The molecule has 3 aromatic carbocycles. The number of anilines is 1. The number of amides is 2. The van der Waals surface area contributed by atoms with E-state index in [9.17, 15) is 15.0 Å². The molecule has 8 nitrogen and oxygen atoms in total. The Balaban J connectivity index is 0.952. The van der Waals surface area contributed by atoms with Gasteiger partial charge < -0.3 is 35.2 Å². The van der Waals surface area contributed by atoms with E-state index in [4.69, 9.17) is 21.1 Å². The number of urea groups is 1. The van der Waals surface area contributed by atoms with Gasteiger partial charge in [0.25, 0.3) is 0 Å². The van der Waals surface area contributed by atoms with Crippen LogP contribution in [0.25, 0.3) is 0 Å². The minimum atomic E-state index is -0.868.